The van der Waals surface area contributed by atoms with Gasteiger partial charge in [-0.3, -0.25) is 4.79 Å². The van der Waals surface area contributed by atoms with E-state index in [-0.39, 0.29) is 5.91 Å². The number of nitrogens with one attached hydrogen (secondary N) is 1. The van der Waals surface area contributed by atoms with Gasteiger partial charge in [0.05, 0.1) is 6.54 Å². The first kappa shape index (κ1) is 14.2. The van der Waals surface area contributed by atoms with E-state index < -0.39 is 0 Å². The summed E-state index contributed by atoms with van der Waals surface area (Å²) >= 11 is 0. The second-order valence-corrected chi connectivity index (χ2v) is 6.04. The van der Waals surface area contributed by atoms with E-state index in [9.17, 15) is 4.79 Å². The molecule has 0 bridgehead atoms. The quantitative estimate of drug-likeness (QED) is 0.925. The van der Waals surface area contributed by atoms with E-state index in [1.807, 2.05) is 4.90 Å². The fraction of sp³-hybridized carbons (Fsp3) is 0.588. The smallest absolute Gasteiger partial charge is 0.241 e. The lowest BCUT2D eigenvalue weighted by atomic mass is 10.1. The molecule has 0 spiro atoms. The minimum Gasteiger partial charge on any atom is -0.376 e. The number of nitrogens with zero attached hydrogens (tertiary/aromatic N) is 2. The molecule has 0 atom stereocenters. The van der Waals surface area contributed by atoms with Crippen LogP contribution in [-0.2, 0) is 4.79 Å². The fourth-order valence-electron chi connectivity index (χ4n) is 3.20. The highest BCUT2D eigenvalue weighted by atomic mass is 16.2. The molecule has 0 unspecified atom stereocenters. The monoisotopic (exact) mass is 287 g/mol. The summed E-state index contributed by atoms with van der Waals surface area (Å²) in [5, 5.41) is 3.25. The Bertz CT molecular complexity index is 459. The zero-order valence-electron chi connectivity index (χ0n) is 12.7. The molecule has 0 aliphatic carbocycles. The van der Waals surface area contributed by atoms with Crippen LogP contribution >= 0.6 is 0 Å². The molecule has 4 nitrogen and oxygen atoms in total. The molecule has 0 saturated carbocycles. The number of anilines is 2. The van der Waals surface area contributed by atoms with Crippen LogP contribution in [0.25, 0.3) is 0 Å². The van der Waals surface area contributed by atoms with Crippen LogP contribution in [0, 0.1) is 0 Å². The zero-order chi connectivity index (χ0) is 14.5. The fourth-order valence-corrected chi connectivity index (χ4v) is 3.20. The maximum Gasteiger partial charge on any atom is 0.241 e. The van der Waals surface area contributed by atoms with E-state index in [4.69, 9.17) is 0 Å². The third kappa shape index (κ3) is 3.69. The molecule has 2 saturated heterocycles. The summed E-state index contributed by atoms with van der Waals surface area (Å²) in [6.45, 7) is 4.59. The van der Waals surface area contributed by atoms with Crippen LogP contribution in [0.1, 0.15) is 32.1 Å². The van der Waals surface area contributed by atoms with Crippen molar-refractivity contribution in [2.75, 3.05) is 42.9 Å². The maximum absolute atomic E-state index is 12.1. The van der Waals surface area contributed by atoms with Crippen molar-refractivity contribution in [3.63, 3.8) is 0 Å². The molecule has 2 aliphatic heterocycles. The van der Waals surface area contributed by atoms with Crippen molar-refractivity contribution in [3.8, 4) is 0 Å². The molecule has 0 aromatic heterocycles. The van der Waals surface area contributed by atoms with Crippen LogP contribution in [0.3, 0.4) is 0 Å². The van der Waals surface area contributed by atoms with Gasteiger partial charge in [0.2, 0.25) is 5.91 Å². The summed E-state index contributed by atoms with van der Waals surface area (Å²) in [5.41, 5.74) is 2.32. The van der Waals surface area contributed by atoms with Crippen molar-refractivity contribution in [2.24, 2.45) is 0 Å². The Morgan fingerprint density at radius 1 is 0.905 bits per heavy atom. The van der Waals surface area contributed by atoms with Crippen molar-refractivity contribution in [1.82, 2.24) is 4.90 Å². The molecular weight excluding hydrogens is 262 g/mol. The molecule has 4 heteroatoms. The highest BCUT2D eigenvalue weighted by Gasteiger charge is 2.16. The van der Waals surface area contributed by atoms with Crippen molar-refractivity contribution < 1.29 is 4.79 Å². The van der Waals surface area contributed by atoms with Gasteiger partial charge in [0.1, 0.15) is 0 Å². The number of carbonyl (C=O) groups excluding carboxylic acids is 1. The SMILES string of the molecule is O=C(CNc1ccc(N2CCCC2)cc1)N1CCCCC1. The van der Waals surface area contributed by atoms with E-state index in [2.05, 4.69) is 34.5 Å². The minimum atomic E-state index is 0.221. The second-order valence-electron chi connectivity index (χ2n) is 6.04. The van der Waals surface area contributed by atoms with E-state index in [1.165, 1.54) is 38.0 Å². The van der Waals surface area contributed by atoms with Gasteiger partial charge in [0.15, 0.2) is 0 Å². The van der Waals surface area contributed by atoms with E-state index in [0.29, 0.717) is 6.54 Å². The number of rotatable bonds is 4. The first-order valence-electron chi connectivity index (χ1n) is 8.19. The van der Waals surface area contributed by atoms with Crippen molar-refractivity contribution in [1.29, 1.82) is 0 Å². The Kier molecular flexibility index (Phi) is 4.63. The van der Waals surface area contributed by atoms with Crippen LogP contribution in [0.4, 0.5) is 11.4 Å². The molecule has 1 aromatic carbocycles. The Hall–Kier alpha value is -1.71. The number of benzene rings is 1. The summed E-state index contributed by atoms with van der Waals surface area (Å²) in [6, 6.07) is 8.46. The normalized spacial score (nSPS) is 18.9. The second kappa shape index (κ2) is 6.83. The van der Waals surface area contributed by atoms with Crippen molar-refractivity contribution >= 4 is 17.3 Å². The van der Waals surface area contributed by atoms with Crippen molar-refractivity contribution in [2.45, 2.75) is 32.1 Å². The van der Waals surface area contributed by atoms with Gasteiger partial charge in [-0.2, -0.15) is 0 Å². The van der Waals surface area contributed by atoms with Gasteiger partial charge >= 0.3 is 0 Å². The van der Waals surface area contributed by atoms with Crippen LogP contribution in [0.15, 0.2) is 24.3 Å². The lowest BCUT2D eigenvalue weighted by Gasteiger charge is -2.27. The largest absolute Gasteiger partial charge is 0.376 e. The van der Waals surface area contributed by atoms with Gasteiger partial charge in [-0.1, -0.05) is 0 Å². The third-order valence-electron chi connectivity index (χ3n) is 4.49. The van der Waals surface area contributed by atoms with Crippen LogP contribution < -0.4 is 10.2 Å². The number of likely N-dealkylation sites (tertiary alicyclic amines) is 1. The summed E-state index contributed by atoms with van der Waals surface area (Å²) in [5.74, 6) is 0.221. The molecule has 21 heavy (non-hydrogen) atoms. The Morgan fingerprint density at radius 3 is 2.19 bits per heavy atom. The van der Waals surface area contributed by atoms with Gasteiger partial charge in [-0.25, -0.2) is 0 Å². The molecular formula is C17H25N3O. The highest BCUT2D eigenvalue weighted by Crippen LogP contribution is 2.22. The number of hydrogen-bond donors (Lipinski definition) is 1. The lowest BCUT2D eigenvalue weighted by Crippen LogP contribution is -2.39. The molecule has 114 valence electrons. The topological polar surface area (TPSA) is 35.6 Å². The first-order chi connectivity index (χ1) is 10.3. The minimum absolute atomic E-state index is 0.221. The number of carbonyl (C=O) groups is 1. The average Bonchev–Trinajstić information content (AvgIpc) is 3.08. The van der Waals surface area contributed by atoms with Gasteiger partial charge in [0, 0.05) is 37.6 Å². The molecule has 2 aliphatic rings. The van der Waals surface area contributed by atoms with Gasteiger partial charge in [-0.15, -0.1) is 0 Å². The first-order valence-corrected chi connectivity index (χ1v) is 8.19. The van der Waals surface area contributed by atoms with Gasteiger partial charge < -0.3 is 15.1 Å². The van der Waals surface area contributed by atoms with E-state index in [1.54, 1.807) is 0 Å². The summed E-state index contributed by atoms with van der Waals surface area (Å²) in [6.07, 6.45) is 6.15. The van der Waals surface area contributed by atoms with E-state index in [0.717, 1.165) is 31.6 Å². The van der Waals surface area contributed by atoms with Crippen LogP contribution in [0.5, 0.6) is 0 Å². The maximum atomic E-state index is 12.1. The Morgan fingerprint density at radius 2 is 1.52 bits per heavy atom. The standard InChI is InChI=1S/C17H25N3O/c21-17(20-12-2-1-3-13-20)14-18-15-6-8-16(9-7-15)19-10-4-5-11-19/h6-9,18H,1-5,10-14H2. The molecule has 1 aromatic rings. The molecule has 1 amide bonds. The van der Waals surface area contributed by atoms with Gasteiger partial charge in [-0.05, 0) is 56.4 Å². The van der Waals surface area contributed by atoms with Gasteiger partial charge in [0.25, 0.3) is 0 Å². The number of piperidine rings is 1. The predicted molar refractivity (Wildman–Crippen MR) is 86.8 cm³/mol. The summed E-state index contributed by atoms with van der Waals surface area (Å²) < 4.78 is 0. The highest BCUT2D eigenvalue weighted by molar-refractivity contribution is 5.81. The Labute approximate surface area is 127 Å². The van der Waals surface area contributed by atoms with E-state index >= 15 is 0 Å². The van der Waals surface area contributed by atoms with Crippen LogP contribution in [0.2, 0.25) is 0 Å². The Balaban J connectivity index is 1.49. The number of amides is 1. The summed E-state index contributed by atoms with van der Waals surface area (Å²) in [4.78, 5) is 16.5. The third-order valence-corrected chi connectivity index (χ3v) is 4.49. The molecule has 3 rings (SSSR count). The molecule has 1 N–H and O–H groups in total. The summed E-state index contributed by atoms with van der Waals surface area (Å²) in [7, 11) is 0. The molecule has 2 fully saturated rings. The van der Waals surface area contributed by atoms with Crippen molar-refractivity contribution in [3.05, 3.63) is 24.3 Å². The molecule has 0 radical (unpaired) electrons. The predicted octanol–water partition coefficient (Wildman–Crippen LogP) is 2.71. The average molecular weight is 287 g/mol. The zero-order valence-corrected chi connectivity index (χ0v) is 12.7. The lowest BCUT2D eigenvalue weighted by molar-refractivity contribution is -0.130. The van der Waals surface area contributed by atoms with Crippen LogP contribution in [-0.4, -0.2) is 43.5 Å². The number of hydrogen-bond acceptors (Lipinski definition) is 3. The molecule has 2 heterocycles.